The van der Waals surface area contributed by atoms with Gasteiger partial charge >= 0.3 is 5.97 Å². The second-order valence-electron chi connectivity index (χ2n) is 6.91. The molecular formula is C15H26O5. The largest absolute Gasteiger partial charge is 0.456 e. The Bertz CT molecular complexity index is 371. The number of ketones is 2. The Morgan fingerprint density at radius 2 is 1.50 bits per heavy atom. The van der Waals surface area contributed by atoms with Crippen LogP contribution in [0, 0.1) is 5.41 Å². The second-order valence-corrected chi connectivity index (χ2v) is 6.91. The van der Waals surface area contributed by atoms with E-state index in [4.69, 9.17) is 9.47 Å². The quantitative estimate of drug-likeness (QED) is 0.701. The smallest absolute Gasteiger partial charge is 0.336 e. The molecule has 0 aliphatic heterocycles. The van der Waals surface area contributed by atoms with Crippen molar-refractivity contribution in [1.82, 2.24) is 0 Å². The number of hydrogen-bond donors (Lipinski definition) is 0. The normalized spacial score (nSPS) is 13.8. The van der Waals surface area contributed by atoms with E-state index in [1.54, 1.807) is 41.5 Å². The number of carbonyl (C=O) groups is 3. The average molecular weight is 286 g/mol. The molecule has 0 aliphatic rings. The maximum absolute atomic E-state index is 11.9. The van der Waals surface area contributed by atoms with Gasteiger partial charge in [0.1, 0.15) is 5.78 Å². The Morgan fingerprint density at radius 3 is 1.85 bits per heavy atom. The van der Waals surface area contributed by atoms with E-state index < -0.39 is 23.1 Å². The van der Waals surface area contributed by atoms with E-state index >= 15 is 0 Å². The standard InChI is InChI=1S/C15H26O5/c1-10(16)8-11(20-15(5,6)7)13(18)19-9-12(17)14(2,3)4/h11H,8-9H2,1-7H3. The fourth-order valence-electron chi connectivity index (χ4n) is 1.31. The van der Waals surface area contributed by atoms with Crippen LogP contribution in [0.5, 0.6) is 0 Å². The van der Waals surface area contributed by atoms with E-state index in [-0.39, 0.29) is 24.6 Å². The number of hydrogen-bond acceptors (Lipinski definition) is 5. The molecule has 0 N–H and O–H groups in total. The van der Waals surface area contributed by atoms with Gasteiger partial charge < -0.3 is 9.47 Å². The fraction of sp³-hybridized carbons (Fsp3) is 0.800. The van der Waals surface area contributed by atoms with Crippen LogP contribution >= 0.6 is 0 Å². The number of ether oxygens (including phenoxy) is 2. The molecule has 0 bridgehead atoms. The lowest BCUT2D eigenvalue weighted by Crippen LogP contribution is -2.37. The molecular weight excluding hydrogens is 260 g/mol. The van der Waals surface area contributed by atoms with Crippen molar-refractivity contribution in [2.75, 3.05) is 6.61 Å². The van der Waals surface area contributed by atoms with Gasteiger partial charge in [0.15, 0.2) is 18.5 Å². The minimum Gasteiger partial charge on any atom is -0.456 e. The molecule has 0 heterocycles. The topological polar surface area (TPSA) is 69.7 Å². The lowest BCUT2D eigenvalue weighted by atomic mass is 9.91. The van der Waals surface area contributed by atoms with Gasteiger partial charge in [0.25, 0.3) is 0 Å². The molecule has 0 saturated heterocycles. The highest BCUT2D eigenvalue weighted by Gasteiger charge is 2.29. The molecule has 116 valence electrons. The molecule has 0 rings (SSSR count). The number of carbonyl (C=O) groups excluding carboxylic acids is 3. The predicted octanol–water partition coefficient (Wildman–Crippen LogP) is 2.31. The minimum atomic E-state index is -0.972. The van der Waals surface area contributed by atoms with Crippen molar-refractivity contribution in [3.05, 3.63) is 0 Å². The summed E-state index contributed by atoms with van der Waals surface area (Å²) in [6, 6.07) is 0. The van der Waals surface area contributed by atoms with Crippen LogP contribution in [0.4, 0.5) is 0 Å². The van der Waals surface area contributed by atoms with Crippen molar-refractivity contribution in [2.45, 2.75) is 66.6 Å². The number of rotatable bonds is 6. The summed E-state index contributed by atoms with van der Waals surface area (Å²) in [5.74, 6) is -1.02. The SMILES string of the molecule is CC(=O)CC(OC(C)(C)C)C(=O)OCC(=O)C(C)(C)C. The summed E-state index contributed by atoms with van der Waals surface area (Å²) in [5, 5.41) is 0. The summed E-state index contributed by atoms with van der Waals surface area (Å²) in [4.78, 5) is 34.8. The Hall–Kier alpha value is -1.23. The van der Waals surface area contributed by atoms with Crippen LogP contribution in [0.25, 0.3) is 0 Å². The zero-order chi connectivity index (χ0) is 16.1. The van der Waals surface area contributed by atoms with Crippen LogP contribution < -0.4 is 0 Å². The van der Waals surface area contributed by atoms with Crippen LogP contribution in [0.1, 0.15) is 54.9 Å². The van der Waals surface area contributed by atoms with Gasteiger partial charge in [0.2, 0.25) is 0 Å². The molecule has 0 spiro atoms. The Balaban J connectivity index is 4.64. The summed E-state index contributed by atoms with van der Waals surface area (Å²) in [6.07, 6.45) is -1.03. The lowest BCUT2D eigenvalue weighted by Gasteiger charge is -2.26. The van der Waals surface area contributed by atoms with Crippen molar-refractivity contribution >= 4 is 17.5 Å². The molecule has 20 heavy (non-hydrogen) atoms. The third-order valence-electron chi connectivity index (χ3n) is 2.41. The zero-order valence-corrected chi connectivity index (χ0v) is 13.5. The van der Waals surface area contributed by atoms with E-state index in [1.165, 1.54) is 6.92 Å². The first kappa shape index (κ1) is 18.8. The fourth-order valence-corrected chi connectivity index (χ4v) is 1.31. The first-order valence-electron chi connectivity index (χ1n) is 6.70. The average Bonchev–Trinajstić information content (AvgIpc) is 2.20. The van der Waals surface area contributed by atoms with Gasteiger partial charge in [-0.25, -0.2) is 4.79 Å². The molecule has 1 atom stereocenters. The van der Waals surface area contributed by atoms with Crippen molar-refractivity contribution in [2.24, 2.45) is 5.41 Å². The van der Waals surface area contributed by atoms with Gasteiger partial charge in [-0.2, -0.15) is 0 Å². The Morgan fingerprint density at radius 1 is 1.00 bits per heavy atom. The molecule has 0 saturated carbocycles. The summed E-state index contributed by atoms with van der Waals surface area (Å²) in [5.41, 5.74) is -1.14. The highest BCUT2D eigenvalue weighted by Crippen LogP contribution is 2.17. The predicted molar refractivity (Wildman–Crippen MR) is 75.3 cm³/mol. The molecule has 1 unspecified atom stereocenters. The maximum atomic E-state index is 11.9. The Kier molecular flexibility index (Phi) is 6.54. The van der Waals surface area contributed by atoms with Crippen LogP contribution in [-0.4, -0.2) is 35.8 Å². The number of esters is 1. The third kappa shape index (κ3) is 8.04. The van der Waals surface area contributed by atoms with Crippen molar-refractivity contribution in [1.29, 1.82) is 0 Å². The van der Waals surface area contributed by atoms with Crippen molar-refractivity contribution in [3.8, 4) is 0 Å². The molecule has 0 aromatic rings. The van der Waals surface area contributed by atoms with Gasteiger partial charge in [-0.15, -0.1) is 0 Å². The summed E-state index contributed by atoms with van der Waals surface area (Å²) < 4.78 is 10.5. The van der Waals surface area contributed by atoms with Gasteiger partial charge in [-0.3, -0.25) is 9.59 Å². The molecule has 0 fully saturated rings. The van der Waals surface area contributed by atoms with Gasteiger partial charge in [-0.05, 0) is 27.7 Å². The van der Waals surface area contributed by atoms with Gasteiger partial charge in [0.05, 0.1) is 5.60 Å². The minimum absolute atomic E-state index is 0.0557. The molecule has 0 aromatic heterocycles. The monoisotopic (exact) mass is 286 g/mol. The van der Waals surface area contributed by atoms with Crippen LogP contribution in [0.15, 0.2) is 0 Å². The van der Waals surface area contributed by atoms with Crippen molar-refractivity contribution < 1.29 is 23.9 Å². The molecule has 0 aliphatic carbocycles. The van der Waals surface area contributed by atoms with E-state index in [0.717, 1.165) is 0 Å². The zero-order valence-electron chi connectivity index (χ0n) is 13.5. The van der Waals surface area contributed by atoms with E-state index in [1.807, 2.05) is 0 Å². The Labute approximate surface area is 121 Å². The van der Waals surface area contributed by atoms with Crippen LogP contribution in [-0.2, 0) is 23.9 Å². The first-order chi connectivity index (χ1) is 8.83. The van der Waals surface area contributed by atoms with Crippen LogP contribution in [0.2, 0.25) is 0 Å². The molecule has 5 heteroatoms. The van der Waals surface area contributed by atoms with Crippen LogP contribution in [0.3, 0.4) is 0 Å². The summed E-state index contributed by atoms with van der Waals surface area (Å²) in [6.45, 7) is 11.7. The van der Waals surface area contributed by atoms with Crippen molar-refractivity contribution in [3.63, 3.8) is 0 Å². The third-order valence-corrected chi connectivity index (χ3v) is 2.41. The summed E-state index contributed by atoms with van der Waals surface area (Å²) >= 11 is 0. The molecule has 0 amide bonds. The van der Waals surface area contributed by atoms with Gasteiger partial charge in [-0.1, -0.05) is 20.8 Å². The summed E-state index contributed by atoms with van der Waals surface area (Å²) in [7, 11) is 0. The number of Topliss-reactive ketones (excluding diaryl/α,β-unsaturated/α-hetero) is 2. The highest BCUT2D eigenvalue weighted by molar-refractivity contribution is 5.88. The molecule has 5 nitrogen and oxygen atoms in total. The van der Waals surface area contributed by atoms with Gasteiger partial charge in [0, 0.05) is 11.8 Å². The maximum Gasteiger partial charge on any atom is 0.336 e. The van der Waals surface area contributed by atoms with E-state index in [9.17, 15) is 14.4 Å². The second kappa shape index (κ2) is 6.97. The van der Waals surface area contributed by atoms with E-state index in [0.29, 0.717) is 0 Å². The molecule has 0 radical (unpaired) electrons. The lowest BCUT2D eigenvalue weighted by molar-refractivity contribution is -0.170. The van der Waals surface area contributed by atoms with E-state index in [2.05, 4.69) is 0 Å². The highest BCUT2D eigenvalue weighted by atomic mass is 16.6. The first-order valence-corrected chi connectivity index (χ1v) is 6.70. The molecule has 0 aromatic carbocycles.